The summed E-state index contributed by atoms with van der Waals surface area (Å²) in [7, 11) is -4.67. The molecule has 0 fully saturated rings. The zero-order chi connectivity index (χ0) is 12.8. The van der Waals surface area contributed by atoms with Gasteiger partial charge < -0.3 is 0 Å². The van der Waals surface area contributed by atoms with Crippen LogP contribution in [0.25, 0.3) is 0 Å². The summed E-state index contributed by atoms with van der Waals surface area (Å²) in [6.07, 6.45) is 0.660. The lowest BCUT2D eigenvalue weighted by Crippen LogP contribution is -2.22. The predicted octanol–water partition coefficient (Wildman–Crippen LogP) is 1.15. The molecule has 6 heteroatoms. The van der Waals surface area contributed by atoms with Crippen LogP contribution in [0.5, 0.6) is 0 Å². The SMILES string of the molecule is Cc1cccc2c1C(=O)C=C(S(=O)(=O)O)C2=O. The first-order chi connectivity index (χ1) is 7.82. The van der Waals surface area contributed by atoms with Gasteiger partial charge in [-0.3, -0.25) is 14.1 Å². The van der Waals surface area contributed by atoms with Gasteiger partial charge in [0.05, 0.1) is 0 Å². The molecule has 0 spiro atoms. The van der Waals surface area contributed by atoms with Crippen LogP contribution in [-0.2, 0) is 10.1 Å². The molecule has 1 aromatic rings. The number of ketones is 2. The molecule has 0 saturated heterocycles. The van der Waals surface area contributed by atoms with Crippen LogP contribution in [0.1, 0.15) is 26.3 Å². The average Bonchev–Trinajstić information content (AvgIpc) is 2.21. The van der Waals surface area contributed by atoms with Gasteiger partial charge in [0.15, 0.2) is 5.78 Å². The normalized spacial score (nSPS) is 15.5. The molecule has 0 unspecified atom stereocenters. The van der Waals surface area contributed by atoms with Crippen molar-refractivity contribution in [3.63, 3.8) is 0 Å². The lowest BCUT2D eigenvalue weighted by Gasteiger charge is -2.14. The van der Waals surface area contributed by atoms with Crippen LogP contribution in [0.4, 0.5) is 0 Å². The summed E-state index contributed by atoms with van der Waals surface area (Å²) in [4.78, 5) is 22.6. The van der Waals surface area contributed by atoms with E-state index in [0.29, 0.717) is 11.6 Å². The topological polar surface area (TPSA) is 88.5 Å². The molecule has 17 heavy (non-hydrogen) atoms. The summed E-state index contributed by atoms with van der Waals surface area (Å²) in [6, 6.07) is 4.56. The van der Waals surface area contributed by atoms with Crippen LogP contribution in [-0.4, -0.2) is 24.5 Å². The maximum atomic E-state index is 11.8. The molecule has 1 aliphatic rings. The number of hydrogen-bond acceptors (Lipinski definition) is 4. The second kappa shape index (κ2) is 3.61. The van der Waals surface area contributed by atoms with Crippen LogP contribution in [0.3, 0.4) is 0 Å². The van der Waals surface area contributed by atoms with E-state index in [2.05, 4.69) is 0 Å². The van der Waals surface area contributed by atoms with Gasteiger partial charge in [0.25, 0.3) is 10.1 Å². The summed E-state index contributed by atoms with van der Waals surface area (Å²) in [5.74, 6) is -1.45. The monoisotopic (exact) mass is 252 g/mol. The van der Waals surface area contributed by atoms with Gasteiger partial charge in [0.2, 0.25) is 5.78 Å². The number of aryl methyl sites for hydroxylation is 1. The lowest BCUT2D eigenvalue weighted by molar-refractivity contribution is 0.0989. The minimum atomic E-state index is -4.67. The zero-order valence-corrected chi connectivity index (χ0v) is 9.61. The molecule has 2 rings (SSSR count). The molecule has 0 atom stereocenters. The van der Waals surface area contributed by atoms with Crippen molar-refractivity contribution >= 4 is 21.7 Å². The first-order valence-corrected chi connectivity index (χ1v) is 6.14. The van der Waals surface area contributed by atoms with E-state index in [1.165, 1.54) is 6.07 Å². The van der Waals surface area contributed by atoms with E-state index < -0.39 is 26.6 Å². The Morgan fingerprint density at radius 1 is 1.18 bits per heavy atom. The fourth-order valence-electron chi connectivity index (χ4n) is 1.77. The summed E-state index contributed by atoms with van der Waals surface area (Å²) in [5, 5.41) is 0. The Morgan fingerprint density at radius 2 is 1.82 bits per heavy atom. The van der Waals surface area contributed by atoms with E-state index in [0.717, 1.165) is 0 Å². The molecule has 1 aliphatic carbocycles. The van der Waals surface area contributed by atoms with Gasteiger partial charge >= 0.3 is 0 Å². The van der Waals surface area contributed by atoms with E-state index >= 15 is 0 Å². The third-order valence-electron chi connectivity index (χ3n) is 2.53. The Bertz CT molecular complexity index is 667. The molecule has 0 aromatic heterocycles. The van der Waals surface area contributed by atoms with E-state index in [9.17, 15) is 18.0 Å². The summed E-state index contributed by atoms with van der Waals surface area (Å²) < 4.78 is 30.8. The minimum Gasteiger partial charge on any atom is -0.289 e. The molecule has 0 amide bonds. The van der Waals surface area contributed by atoms with Gasteiger partial charge in [-0.15, -0.1) is 0 Å². The second-order valence-corrected chi connectivity index (χ2v) is 5.06. The van der Waals surface area contributed by atoms with Crippen molar-refractivity contribution in [3.05, 3.63) is 45.9 Å². The fraction of sp³-hybridized carbons (Fsp3) is 0.0909. The van der Waals surface area contributed by atoms with E-state index in [1.54, 1.807) is 19.1 Å². The second-order valence-electron chi connectivity index (χ2n) is 3.67. The Morgan fingerprint density at radius 3 is 2.41 bits per heavy atom. The molecule has 0 saturated carbocycles. The van der Waals surface area contributed by atoms with Crippen molar-refractivity contribution in [2.24, 2.45) is 0 Å². The number of benzene rings is 1. The highest BCUT2D eigenvalue weighted by atomic mass is 32.2. The number of fused-ring (bicyclic) bond motifs is 1. The average molecular weight is 252 g/mol. The first-order valence-electron chi connectivity index (χ1n) is 4.70. The molecule has 88 valence electrons. The van der Waals surface area contributed by atoms with Gasteiger partial charge in [0, 0.05) is 17.2 Å². The molecule has 1 N–H and O–H groups in total. The molecular weight excluding hydrogens is 244 g/mol. The number of carbonyl (C=O) groups excluding carboxylic acids is 2. The van der Waals surface area contributed by atoms with Crippen LogP contribution >= 0.6 is 0 Å². The van der Waals surface area contributed by atoms with E-state index in [-0.39, 0.29) is 11.1 Å². The van der Waals surface area contributed by atoms with E-state index in [4.69, 9.17) is 4.55 Å². The highest BCUT2D eigenvalue weighted by molar-refractivity contribution is 7.91. The minimum absolute atomic E-state index is 0.00475. The van der Waals surface area contributed by atoms with Crippen molar-refractivity contribution in [2.45, 2.75) is 6.92 Å². The number of carbonyl (C=O) groups is 2. The summed E-state index contributed by atoms with van der Waals surface area (Å²) >= 11 is 0. The molecule has 1 aromatic carbocycles. The zero-order valence-electron chi connectivity index (χ0n) is 8.80. The van der Waals surface area contributed by atoms with Crippen molar-refractivity contribution in [3.8, 4) is 0 Å². The number of hydrogen-bond donors (Lipinski definition) is 1. The van der Waals surface area contributed by atoms with Crippen LogP contribution < -0.4 is 0 Å². The summed E-state index contributed by atoms with van der Waals surface area (Å²) in [6.45, 7) is 1.65. The lowest BCUT2D eigenvalue weighted by atomic mass is 9.91. The van der Waals surface area contributed by atoms with Crippen molar-refractivity contribution < 1.29 is 22.6 Å². The quantitative estimate of drug-likeness (QED) is 0.757. The van der Waals surface area contributed by atoms with Crippen LogP contribution in [0, 0.1) is 6.92 Å². The fourth-order valence-corrected chi connectivity index (χ4v) is 2.37. The molecule has 0 radical (unpaired) electrons. The predicted molar refractivity (Wildman–Crippen MR) is 59.5 cm³/mol. The molecule has 0 heterocycles. The number of allylic oxidation sites excluding steroid dienone is 2. The highest BCUT2D eigenvalue weighted by Crippen LogP contribution is 2.26. The summed E-state index contributed by atoms with van der Waals surface area (Å²) in [5.41, 5.74) is 0.779. The Hall–Kier alpha value is -1.79. The van der Waals surface area contributed by atoms with Gasteiger partial charge in [-0.2, -0.15) is 8.42 Å². The van der Waals surface area contributed by atoms with Crippen molar-refractivity contribution in [1.29, 1.82) is 0 Å². The Labute approximate surface area is 97.5 Å². The smallest absolute Gasteiger partial charge is 0.289 e. The van der Waals surface area contributed by atoms with Gasteiger partial charge in [0.1, 0.15) is 4.91 Å². The first kappa shape index (κ1) is 11.7. The maximum Gasteiger partial charge on any atom is 0.298 e. The van der Waals surface area contributed by atoms with E-state index in [1.807, 2.05) is 0 Å². The standard InChI is InChI=1S/C11H8O5S/c1-6-3-2-4-7-10(6)8(12)5-9(11(7)13)17(14,15)16/h2-5H,1H3,(H,14,15,16). The Kier molecular flexibility index (Phi) is 2.48. The van der Waals surface area contributed by atoms with Gasteiger partial charge in [-0.1, -0.05) is 18.2 Å². The van der Waals surface area contributed by atoms with Crippen LogP contribution in [0.15, 0.2) is 29.2 Å². The van der Waals surface area contributed by atoms with Crippen molar-refractivity contribution in [1.82, 2.24) is 0 Å². The Balaban J connectivity index is 2.75. The molecule has 0 bridgehead atoms. The third kappa shape index (κ3) is 1.81. The van der Waals surface area contributed by atoms with Crippen molar-refractivity contribution in [2.75, 3.05) is 0 Å². The molecule has 5 nitrogen and oxygen atoms in total. The number of rotatable bonds is 1. The van der Waals surface area contributed by atoms with Gasteiger partial charge in [-0.05, 0) is 12.5 Å². The van der Waals surface area contributed by atoms with Crippen LogP contribution in [0.2, 0.25) is 0 Å². The largest absolute Gasteiger partial charge is 0.298 e. The third-order valence-corrected chi connectivity index (χ3v) is 3.39. The molecule has 0 aliphatic heterocycles. The molecular formula is C11H8O5S. The van der Waals surface area contributed by atoms with Gasteiger partial charge in [-0.25, -0.2) is 0 Å². The number of Topliss-reactive ketones (excluding diaryl/α,β-unsaturated/α-hetero) is 1. The highest BCUT2D eigenvalue weighted by Gasteiger charge is 2.32. The maximum absolute atomic E-state index is 11.8.